The van der Waals surface area contributed by atoms with Crippen molar-refractivity contribution in [3.8, 4) is 5.75 Å². The van der Waals surface area contributed by atoms with Crippen LogP contribution in [0.1, 0.15) is 24.0 Å². The van der Waals surface area contributed by atoms with Crippen LogP contribution in [-0.2, 0) is 27.2 Å². The molecule has 6 nitrogen and oxygen atoms in total. The highest BCUT2D eigenvalue weighted by atomic mass is 32.2. The molecule has 1 heterocycles. The second-order valence-electron chi connectivity index (χ2n) is 7.66. The number of nitrogens with zero attached hydrogens (tertiary/aromatic N) is 1. The standard InChI is InChI=1S/C21H20F6N2O4S/c1-33-17-4-6-18(7-5-17)34(31,32)29-8-2-3-13(12-29)19(30)28-16-10-14(20(22,23)24)9-15(11-16)21(25,26)27/h4-7,9-11,13H,2-3,8,12H2,1H3,(H,28,30)/t13-/m0/s1. The van der Waals surface area contributed by atoms with Gasteiger partial charge in [-0.25, -0.2) is 8.42 Å². The number of ether oxygens (including phenoxy) is 1. The zero-order valence-electron chi connectivity index (χ0n) is 17.7. The van der Waals surface area contributed by atoms with Crippen molar-refractivity contribution in [3.63, 3.8) is 0 Å². The number of halogens is 6. The van der Waals surface area contributed by atoms with E-state index in [0.717, 1.165) is 4.31 Å². The van der Waals surface area contributed by atoms with E-state index in [1.54, 1.807) is 0 Å². The van der Waals surface area contributed by atoms with E-state index in [-0.39, 0.29) is 36.9 Å². The smallest absolute Gasteiger partial charge is 0.416 e. The van der Waals surface area contributed by atoms with Gasteiger partial charge in [0.1, 0.15) is 5.75 Å². The van der Waals surface area contributed by atoms with Gasteiger partial charge in [-0.1, -0.05) is 0 Å². The quantitative estimate of drug-likeness (QED) is 0.588. The van der Waals surface area contributed by atoms with Gasteiger partial charge in [0.25, 0.3) is 0 Å². The minimum absolute atomic E-state index is 0.0398. The number of hydrogen-bond acceptors (Lipinski definition) is 4. The second-order valence-corrected chi connectivity index (χ2v) is 9.60. The molecule has 13 heteroatoms. The number of nitrogens with one attached hydrogen (secondary N) is 1. The van der Waals surface area contributed by atoms with Gasteiger partial charge in [0.15, 0.2) is 0 Å². The van der Waals surface area contributed by atoms with Gasteiger partial charge >= 0.3 is 12.4 Å². The fourth-order valence-electron chi connectivity index (χ4n) is 3.54. The summed E-state index contributed by atoms with van der Waals surface area (Å²) >= 11 is 0. The molecule has 0 bridgehead atoms. The molecule has 0 radical (unpaired) electrons. The van der Waals surface area contributed by atoms with Gasteiger partial charge in [-0.05, 0) is 55.3 Å². The third-order valence-corrected chi connectivity index (χ3v) is 7.19. The van der Waals surface area contributed by atoms with Crippen LogP contribution in [0.15, 0.2) is 47.4 Å². The molecule has 1 N–H and O–H groups in total. The van der Waals surface area contributed by atoms with Gasteiger partial charge in [0, 0.05) is 18.8 Å². The van der Waals surface area contributed by atoms with Crippen LogP contribution >= 0.6 is 0 Å². The first-order chi connectivity index (χ1) is 15.7. The lowest BCUT2D eigenvalue weighted by atomic mass is 9.98. The summed E-state index contributed by atoms with van der Waals surface area (Å²) in [5.74, 6) is -1.40. The molecule has 1 aliphatic rings. The molecule has 1 saturated heterocycles. The SMILES string of the molecule is COc1ccc(S(=O)(=O)N2CCC[C@H](C(=O)Nc3cc(C(F)(F)F)cc(C(F)(F)F)c3)C2)cc1. The van der Waals surface area contributed by atoms with Gasteiger partial charge in [0.2, 0.25) is 15.9 Å². The number of amides is 1. The maximum Gasteiger partial charge on any atom is 0.416 e. The molecule has 2 aromatic rings. The van der Waals surface area contributed by atoms with Crippen LogP contribution in [0.25, 0.3) is 0 Å². The van der Waals surface area contributed by atoms with Crippen LogP contribution in [0.3, 0.4) is 0 Å². The molecule has 0 spiro atoms. The summed E-state index contributed by atoms with van der Waals surface area (Å²) in [5.41, 5.74) is -3.81. The maximum atomic E-state index is 13.1. The number of alkyl halides is 6. The van der Waals surface area contributed by atoms with Crippen molar-refractivity contribution >= 4 is 21.6 Å². The Kier molecular flexibility index (Phi) is 7.18. The van der Waals surface area contributed by atoms with Crippen molar-refractivity contribution in [1.29, 1.82) is 0 Å². The third kappa shape index (κ3) is 5.81. The highest BCUT2D eigenvalue weighted by molar-refractivity contribution is 7.89. The van der Waals surface area contributed by atoms with Crippen LogP contribution in [0.4, 0.5) is 32.0 Å². The molecule has 1 amide bonds. The van der Waals surface area contributed by atoms with E-state index in [0.29, 0.717) is 17.9 Å². The lowest BCUT2D eigenvalue weighted by Crippen LogP contribution is -2.43. The topological polar surface area (TPSA) is 75.7 Å². The molecule has 0 saturated carbocycles. The molecule has 34 heavy (non-hydrogen) atoms. The van der Waals surface area contributed by atoms with Crippen LogP contribution in [0.5, 0.6) is 5.75 Å². The van der Waals surface area contributed by atoms with Crippen molar-refractivity contribution < 1.29 is 44.3 Å². The van der Waals surface area contributed by atoms with Crippen molar-refractivity contribution in [2.24, 2.45) is 5.92 Å². The molecule has 2 aromatic carbocycles. The van der Waals surface area contributed by atoms with Crippen molar-refractivity contribution in [3.05, 3.63) is 53.6 Å². The minimum Gasteiger partial charge on any atom is -0.497 e. The summed E-state index contributed by atoms with van der Waals surface area (Å²) in [6.45, 7) is -0.161. The molecule has 1 fully saturated rings. The summed E-state index contributed by atoms with van der Waals surface area (Å²) in [6, 6.07) is 6.33. The van der Waals surface area contributed by atoms with Gasteiger partial charge in [-0.15, -0.1) is 0 Å². The predicted molar refractivity (Wildman–Crippen MR) is 110 cm³/mol. The van der Waals surface area contributed by atoms with E-state index in [4.69, 9.17) is 4.74 Å². The fourth-order valence-corrected chi connectivity index (χ4v) is 5.07. The third-order valence-electron chi connectivity index (χ3n) is 5.31. The summed E-state index contributed by atoms with van der Waals surface area (Å²) in [5, 5.41) is 2.09. The fraction of sp³-hybridized carbons (Fsp3) is 0.381. The van der Waals surface area contributed by atoms with Crippen molar-refractivity contribution in [2.75, 3.05) is 25.5 Å². The molecule has 1 aliphatic heterocycles. The molecule has 0 aromatic heterocycles. The number of sulfonamides is 1. The molecule has 186 valence electrons. The Hall–Kier alpha value is -2.80. The summed E-state index contributed by atoms with van der Waals surface area (Å²) in [4.78, 5) is 12.6. The largest absolute Gasteiger partial charge is 0.497 e. The number of carbonyl (C=O) groups is 1. The lowest BCUT2D eigenvalue weighted by molar-refractivity contribution is -0.143. The van der Waals surface area contributed by atoms with E-state index in [2.05, 4.69) is 5.32 Å². The molecule has 1 atom stereocenters. The average Bonchev–Trinajstić information content (AvgIpc) is 2.77. The summed E-state index contributed by atoms with van der Waals surface area (Å²) < 4.78 is 110. The number of benzene rings is 2. The van der Waals surface area contributed by atoms with Gasteiger partial charge in [-0.3, -0.25) is 4.79 Å². The number of rotatable bonds is 5. The van der Waals surface area contributed by atoms with E-state index in [1.165, 1.54) is 31.4 Å². The van der Waals surface area contributed by atoms with E-state index in [9.17, 15) is 39.6 Å². The molecular formula is C21H20F6N2O4S. The second kappa shape index (κ2) is 9.45. The number of carbonyl (C=O) groups excluding carboxylic acids is 1. The van der Waals surface area contributed by atoms with E-state index >= 15 is 0 Å². The summed E-state index contributed by atoms with van der Waals surface area (Å²) in [6.07, 6.45) is -9.63. The van der Waals surface area contributed by atoms with Crippen molar-refractivity contribution in [1.82, 2.24) is 4.31 Å². The maximum absolute atomic E-state index is 13.1. The zero-order chi connectivity index (χ0) is 25.3. The van der Waals surface area contributed by atoms with Crippen LogP contribution in [-0.4, -0.2) is 38.8 Å². The predicted octanol–water partition coefficient (Wildman–Crippen LogP) is 4.77. The average molecular weight is 510 g/mol. The summed E-state index contributed by atoms with van der Waals surface area (Å²) in [7, 11) is -2.56. The monoisotopic (exact) mass is 510 g/mol. The Balaban J connectivity index is 1.80. The highest BCUT2D eigenvalue weighted by Gasteiger charge is 2.38. The van der Waals surface area contributed by atoms with Crippen molar-refractivity contribution in [2.45, 2.75) is 30.1 Å². The molecule has 0 aliphatic carbocycles. The number of methoxy groups -OCH3 is 1. The molecule has 0 unspecified atom stereocenters. The normalized spacial score (nSPS) is 17.9. The Morgan fingerprint density at radius 3 is 2.06 bits per heavy atom. The Bertz CT molecular complexity index is 1120. The number of piperidine rings is 1. The van der Waals surface area contributed by atoms with E-state index in [1.807, 2.05) is 0 Å². The van der Waals surface area contributed by atoms with Crippen LogP contribution in [0, 0.1) is 5.92 Å². The Morgan fingerprint density at radius 2 is 1.56 bits per heavy atom. The van der Waals surface area contributed by atoms with Gasteiger partial charge < -0.3 is 10.1 Å². The zero-order valence-corrected chi connectivity index (χ0v) is 18.5. The number of anilines is 1. The first kappa shape index (κ1) is 25.8. The first-order valence-corrected chi connectivity index (χ1v) is 11.4. The minimum atomic E-state index is -5.06. The Morgan fingerprint density at radius 1 is 1.00 bits per heavy atom. The van der Waals surface area contributed by atoms with Crippen LogP contribution < -0.4 is 10.1 Å². The van der Waals surface area contributed by atoms with Gasteiger partial charge in [0.05, 0.1) is 29.1 Å². The van der Waals surface area contributed by atoms with Gasteiger partial charge in [-0.2, -0.15) is 30.6 Å². The van der Waals surface area contributed by atoms with Crippen LogP contribution in [0.2, 0.25) is 0 Å². The molecular weight excluding hydrogens is 490 g/mol. The molecule has 3 rings (SSSR count). The number of hydrogen-bond donors (Lipinski definition) is 1. The Labute approximate surface area is 191 Å². The first-order valence-electron chi connectivity index (χ1n) is 9.96. The van der Waals surface area contributed by atoms with E-state index < -0.39 is 51.0 Å². The lowest BCUT2D eigenvalue weighted by Gasteiger charge is -2.31. The highest BCUT2D eigenvalue weighted by Crippen LogP contribution is 2.38.